The molecule has 3 rings (SSSR count). The third kappa shape index (κ3) is 4.82. The van der Waals surface area contributed by atoms with E-state index in [0.29, 0.717) is 6.42 Å². The van der Waals surface area contributed by atoms with Crippen LogP contribution in [0.4, 0.5) is 0 Å². The van der Waals surface area contributed by atoms with E-state index in [0.717, 1.165) is 30.9 Å². The van der Waals surface area contributed by atoms with Gasteiger partial charge >= 0.3 is 0 Å². The molecule has 26 heavy (non-hydrogen) atoms. The third-order valence-corrected chi connectivity index (χ3v) is 6.24. The number of hydrogen-bond acceptors (Lipinski definition) is 3. The first-order chi connectivity index (χ1) is 12.7. The molecule has 1 fully saturated rings. The zero-order chi connectivity index (χ0) is 18.2. The lowest BCUT2D eigenvalue weighted by Crippen LogP contribution is -2.39. The highest BCUT2D eigenvalue weighted by atomic mass is 32.2. The van der Waals surface area contributed by atoms with Gasteiger partial charge in [0.25, 0.3) is 0 Å². The molecule has 0 radical (unpaired) electrons. The normalized spacial score (nSPS) is 15.6. The van der Waals surface area contributed by atoms with Crippen molar-refractivity contribution in [2.45, 2.75) is 42.4 Å². The molecule has 3 nitrogen and oxygen atoms in total. The first-order valence-corrected chi connectivity index (χ1v) is 10.3. The van der Waals surface area contributed by atoms with Gasteiger partial charge in [0, 0.05) is 29.0 Å². The summed E-state index contributed by atoms with van der Waals surface area (Å²) in [5.74, 6) is 1.84. The molecule has 2 aromatic rings. The van der Waals surface area contributed by atoms with Crippen molar-refractivity contribution in [2.24, 2.45) is 0 Å². The molecule has 1 amide bonds. The lowest BCUT2D eigenvalue weighted by atomic mass is 9.78. The largest absolute Gasteiger partial charge is 0.497 e. The van der Waals surface area contributed by atoms with Crippen LogP contribution in [0.1, 0.15) is 37.7 Å². The maximum absolute atomic E-state index is 12.3. The minimum absolute atomic E-state index is 0.0779. The molecule has 1 saturated carbocycles. The molecular formula is C22H27NO2S. The van der Waals surface area contributed by atoms with Gasteiger partial charge < -0.3 is 10.1 Å². The number of nitrogens with one attached hydrogen (secondary N) is 1. The summed E-state index contributed by atoms with van der Waals surface area (Å²) in [6, 6.07) is 18.6. The van der Waals surface area contributed by atoms with Crippen LogP contribution in [-0.2, 0) is 10.2 Å². The van der Waals surface area contributed by atoms with Crippen LogP contribution >= 0.6 is 11.8 Å². The van der Waals surface area contributed by atoms with Crippen molar-refractivity contribution in [3.8, 4) is 5.75 Å². The molecule has 0 atom stereocenters. The average molecular weight is 370 g/mol. The highest BCUT2D eigenvalue weighted by Crippen LogP contribution is 2.41. The van der Waals surface area contributed by atoms with Crippen molar-refractivity contribution in [3.63, 3.8) is 0 Å². The maximum atomic E-state index is 12.3. The van der Waals surface area contributed by atoms with Gasteiger partial charge in [0.2, 0.25) is 5.91 Å². The summed E-state index contributed by atoms with van der Waals surface area (Å²) in [6.45, 7) is 0.730. The first kappa shape index (κ1) is 18.8. The van der Waals surface area contributed by atoms with Gasteiger partial charge in [0.05, 0.1) is 7.11 Å². The molecule has 0 aliphatic heterocycles. The van der Waals surface area contributed by atoms with Crippen LogP contribution < -0.4 is 10.1 Å². The number of benzene rings is 2. The van der Waals surface area contributed by atoms with E-state index in [4.69, 9.17) is 4.74 Å². The summed E-state index contributed by atoms with van der Waals surface area (Å²) in [5, 5.41) is 3.20. The topological polar surface area (TPSA) is 38.3 Å². The van der Waals surface area contributed by atoms with E-state index in [-0.39, 0.29) is 11.3 Å². The van der Waals surface area contributed by atoms with Gasteiger partial charge in [-0.25, -0.2) is 0 Å². The van der Waals surface area contributed by atoms with Gasteiger partial charge in [-0.05, 0) is 42.7 Å². The Morgan fingerprint density at radius 3 is 2.42 bits per heavy atom. The Morgan fingerprint density at radius 2 is 1.77 bits per heavy atom. The van der Waals surface area contributed by atoms with Crippen LogP contribution in [0.15, 0.2) is 59.5 Å². The lowest BCUT2D eigenvalue weighted by molar-refractivity contribution is -0.120. The predicted octanol–water partition coefficient (Wildman–Crippen LogP) is 4.81. The fraction of sp³-hybridized carbons (Fsp3) is 0.409. The first-order valence-electron chi connectivity index (χ1n) is 9.31. The Bertz CT molecular complexity index is 694. The summed E-state index contributed by atoms with van der Waals surface area (Å²) in [5.41, 5.74) is 1.39. The monoisotopic (exact) mass is 369 g/mol. The predicted molar refractivity (Wildman–Crippen MR) is 108 cm³/mol. The van der Waals surface area contributed by atoms with E-state index in [1.54, 1.807) is 18.9 Å². The molecule has 0 heterocycles. The number of amides is 1. The number of rotatable bonds is 8. The zero-order valence-electron chi connectivity index (χ0n) is 15.4. The Kier molecular flexibility index (Phi) is 6.62. The van der Waals surface area contributed by atoms with Crippen LogP contribution in [0.5, 0.6) is 5.75 Å². The molecule has 138 valence electrons. The molecular weight excluding hydrogens is 342 g/mol. The quantitative estimate of drug-likeness (QED) is 0.679. The van der Waals surface area contributed by atoms with Gasteiger partial charge in [0.15, 0.2) is 0 Å². The summed E-state index contributed by atoms with van der Waals surface area (Å²) >= 11 is 1.73. The highest BCUT2D eigenvalue weighted by Gasteiger charge is 2.35. The molecule has 1 aliphatic rings. The van der Waals surface area contributed by atoms with Crippen molar-refractivity contribution < 1.29 is 9.53 Å². The number of thioether (sulfide) groups is 1. The van der Waals surface area contributed by atoms with Crippen molar-refractivity contribution in [2.75, 3.05) is 19.4 Å². The molecule has 1 aliphatic carbocycles. The van der Waals surface area contributed by atoms with E-state index < -0.39 is 0 Å². The highest BCUT2D eigenvalue weighted by molar-refractivity contribution is 7.99. The van der Waals surface area contributed by atoms with E-state index >= 15 is 0 Å². The van der Waals surface area contributed by atoms with Gasteiger partial charge in [-0.15, -0.1) is 11.8 Å². The SMILES string of the molecule is COc1ccc(C2(CNC(=O)CCSc3ccccc3)CCCC2)cc1. The Balaban J connectivity index is 1.52. The zero-order valence-corrected chi connectivity index (χ0v) is 16.2. The molecule has 0 spiro atoms. The molecule has 0 bridgehead atoms. The summed E-state index contributed by atoms with van der Waals surface area (Å²) < 4.78 is 5.27. The summed E-state index contributed by atoms with van der Waals surface area (Å²) in [4.78, 5) is 13.5. The molecule has 2 aromatic carbocycles. The second-order valence-electron chi connectivity index (χ2n) is 6.90. The number of methoxy groups -OCH3 is 1. The Morgan fingerprint density at radius 1 is 1.08 bits per heavy atom. The van der Waals surface area contributed by atoms with E-state index in [2.05, 4.69) is 29.6 Å². The van der Waals surface area contributed by atoms with Crippen molar-refractivity contribution in [3.05, 3.63) is 60.2 Å². The van der Waals surface area contributed by atoms with Crippen molar-refractivity contribution in [1.82, 2.24) is 5.32 Å². The molecule has 0 aromatic heterocycles. The molecule has 0 saturated heterocycles. The lowest BCUT2D eigenvalue weighted by Gasteiger charge is -2.30. The summed E-state index contributed by atoms with van der Waals surface area (Å²) in [7, 11) is 1.69. The van der Waals surface area contributed by atoms with Gasteiger partial charge in [-0.3, -0.25) is 4.79 Å². The van der Waals surface area contributed by atoms with Crippen LogP contribution in [0, 0.1) is 0 Å². The van der Waals surface area contributed by atoms with E-state index in [9.17, 15) is 4.79 Å². The summed E-state index contributed by atoms with van der Waals surface area (Å²) in [6.07, 6.45) is 5.28. The minimum atomic E-state index is 0.0779. The van der Waals surface area contributed by atoms with Crippen LogP contribution in [0.2, 0.25) is 0 Å². The van der Waals surface area contributed by atoms with E-state index in [1.165, 1.54) is 23.3 Å². The number of carbonyl (C=O) groups excluding carboxylic acids is 1. The fourth-order valence-corrected chi connectivity index (χ4v) is 4.57. The molecule has 4 heteroatoms. The molecule has 0 unspecified atom stereocenters. The minimum Gasteiger partial charge on any atom is -0.497 e. The van der Waals surface area contributed by atoms with Gasteiger partial charge in [-0.1, -0.05) is 43.2 Å². The van der Waals surface area contributed by atoms with Crippen molar-refractivity contribution >= 4 is 17.7 Å². The van der Waals surface area contributed by atoms with Gasteiger partial charge in [0.1, 0.15) is 5.75 Å². The number of hydrogen-bond donors (Lipinski definition) is 1. The van der Waals surface area contributed by atoms with Crippen LogP contribution in [0.25, 0.3) is 0 Å². The average Bonchev–Trinajstić information content (AvgIpc) is 3.17. The van der Waals surface area contributed by atoms with Gasteiger partial charge in [-0.2, -0.15) is 0 Å². The van der Waals surface area contributed by atoms with E-state index in [1.807, 2.05) is 30.3 Å². The Labute approximate surface area is 160 Å². The fourth-order valence-electron chi connectivity index (χ4n) is 3.70. The van der Waals surface area contributed by atoms with Crippen LogP contribution in [0.3, 0.4) is 0 Å². The second-order valence-corrected chi connectivity index (χ2v) is 8.07. The number of ether oxygens (including phenoxy) is 1. The standard InChI is InChI=1S/C22H27NO2S/c1-25-19-11-9-18(10-12-19)22(14-5-6-15-22)17-23-21(24)13-16-26-20-7-3-2-4-8-20/h2-4,7-12H,5-6,13-17H2,1H3,(H,23,24). The smallest absolute Gasteiger partial charge is 0.220 e. The third-order valence-electron chi connectivity index (χ3n) is 5.23. The van der Waals surface area contributed by atoms with Crippen molar-refractivity contribution in [1.29, 1.82) is 0 Å². The maximum Gasteiger partial charge on any atom is 0.220 e. The van der Waals surface area contributed by atoms with Crippen LogP contribution in [-0.4, -0.2) is 25.3 Å². The number of carbonyl (C=O) groups is 1. The second kappa shape index (κ2) is 9.13. The molecule has 1 N–H and O–H groups in total. The Hall–Kier alpha value is -1.94.